The van der Waals surface area contributed by atoms with Gasteiger partial charge in [-0.1, -0.05) is 6.07 Å². The molecule has 0 saturated heterocycles. The Hall–Kier alpha value is -1.13. The maximum atomic E-state index is 13.3. The summed E-state index contributed by atoms with van der Waals surface area (Å²) in [6.07, 6.45) is -0.801. The van der Waals surface area contributed by atoms with E-state index in [-0.39, 0.29) is 12.4 Å². The van der Waals surface area contributed by atoms with Crippen molar-refractivity contribution < 1.29 is 19.0 Å². The van der Waals surface area contributed by atoms with Gasteiger partial charge >= 0.3 is 0 Å². The number of methoxy groups -OCH3 is 1. The second kappa shape index (κ2) is 5.68. The zero-order valence-corrected chi connectivity index (χ0v) is 8.87. The molecule has 1 aromatic carbocycles. The number of aliphatic hydroxyl groups excluding tert-OH is 1. The van der Waals surface area contributed by atoms with E-state index in [9.17, 15) is 9.50 Å². The lowest BCUT2D eigenvalue weighted by Gasteiger charge is -2.11. The number of ether oxygens (including phenoxy) is 2. The van der Waals surface area contributed by atoms with Crippen LogP contribution in [0.1, 0.15) is 18.6 Å². The van der Waals surface area contributed by atoms with Crippen molar-refractivity contribution >= 4 is 0 Å². The molecule has 0 aliphatic rings. The Balaban J connectivity index is 2.73. The van der Waals surface area contributed by atoms with E-state index in [1.807, 2.05) is 6.92 Å². The predicted octanol–water partition coefficient (Wildman–Crippen LogP) is 1.90. The van der Waals surface area contributed by atoms with Crippen molar-refractivity contribution in [2.45, 2.75) is 13.0 Å². The molecule has 0 bridgehead atoms. The van der Waals surface area contributed by atoms with Gasteiger partial charge in [0.05, 0.1) is 13.7 Å². The predicted molar refractivity (Wildman–Crippen MR) is 54.4 cm³/mol. The Kier molecular flexibility index (Phi) is 4.52. The van der Waals surface area contributed by atoms with Gasteiger partial charge in [0.25, 0.3) is 0 Å². The fourth-order valence-corrected chi connectivity index (χ4v) is 1.22. The van der Waals surface area contributed by atoms with Crippen LogP contribution in [-0.4, -0.2) is 25.4 Å². The lowest BCUT2D eigenvalue weighted by Crippen LogP contribution is -2.07. The summed E-state index contributed by atoms with van der Waals surface area (Å²) in [7, 11) is 1.40. The van der Waals surface area contributed by atoms with Crippen molar-refractivity contribution in [3.05, 3.63) is 29.6 Å². The van der Waals surface area contributed by atoms with Crippen LogP contribution < -0.4 is 4.74 Å². The summed E-state index contributed by atoms with van der Waals surface area (Å²) in [6, 6.07) is 4.36. The second-order valence-electron chi connectivity index (χ2n) is 3.07. The molecule has 0 fully saturated rings. The molecule has 1 atom stereocenters. The first-order valence-corrected chi connectivity index (χ1v) is 4.78. The number of aliphatic hydroxyl groups is 1. The summed E-state index contributed by atoms with van der Waals surface area (Å²) in [4.78, 5) is 0. The number of benzene rings is 1. The molecular formula is C11H15FO3. The highest BCUT2D eigenvalue weighted by molar-refractivity contribution is 5.30. The summed E-state index contributed by atoms with van der Waals surface area (Å²) in [5.41, 5.74) is 0.488. The average Bonchev–Trinajstić information content (AvgIpc) is 2.25. The lowest BCUT2D eigenvalue weighted by molar-refractivity contribution is 0.0418. The maximum Gasteiger partial charge on any atom is 0.165 e. The monoisotopic (exact) mass is 214 g/mol. The normalized spacial score (nSPS) is 12.5. The molecule has 4 heteroatoms. The fourth-order valence-electron chi connectivity index (χ4n) is 1.22. The van der Waals surface area contributed by atoms with Gasteiger partial charge in [0.2, 0.25) is 0 Å². The van der Waals surface area contributed by atoms with E-state index in [1.54, 1.807) is 6.07 Å². The quantitative estimate of drug-likeness (QED) is 0.813. The smallest absolute Gasteiger partial charge is 0.165 e. The van der Waals surface area contributed by atoms with Gasteiger partial charge in [-0.05, 0) is 24.6 Å². The summed E-state index contributed by atoms with van der Waals surface area (Å²) in [5.74, 6) is -0.312. The van der Waals surface area contributed by atoms with Crippen LogP contribution in [0, 0.1) is 5.82 Å². The number of hydrogen-bond donors (Lipinski definition) is 1. The lowest BCUT2D eigenvalue weighted by atomic mass is 10.1. The Bertz CT molecular complexity index is 315. The summed E-state index contributed by atoms with van der Waals surface area (Å²) >= 11 is 0. The topological polar surface area (TPSA) is 38.7 Å². The molecule has 3 nitrogen and oxygen atoms in total. The van der Waals surface area contributed by atoms with Crippen molar-refractivity contribution in [1.82, 2.24) is 0 Å². The molecule has 0 spiro atoms. The highest BCUT2D eigenvalue weighted by Gasteiger charge is 2.10. The van der Waals surface area contributed by atoms with E-state index < -0.39 is 11.9 Å². The van der Waals surface area contributed by atoms with Crippen LogP contribution in [0.25, 0.3) is 0 Å². The number of halogens is 1. The zero-order valence-electron chi connectivity index (χ0n) is 8.87. The Labute approximate surface area is 88.4 Å². The third-order valence-corrected chi connectivity index (χ3v) is 2.04. The van der Waals surface area contributed by atoms with Crippen molar-refractivity contribution in [3.8, 4) is 5.75 Å². The van der Waals surface area contributed by atoms with Crippen molar-refractivity contribution in [2.75, 3.05) is 20.3 Å². The van der Waals surface area contributed by atoms with Gasteiger partial charge in [0, 0.05) is 6.61 Å². The van der Waals surface area contributed by atoms with Crippen LogP contribution in [0.5, 0.6) is 5.75 Å². The molecule has 15 heavy (non-hydrogen) atoms. The summed E-state index contributed by atoms with van der Waals surface area (Å²) in [6.45, 7) is 2.53. The van der Waals surface area contributed by atoms with Gasteiger partial charge in [-0.25, -0.2) is 4.39 Å². The number of rotatable bonds is 5. The van der Waals surface area contributed by atoms with Crippen LogP contribution in [0.15, 0.2) is 18.2 Å². The maximum absolute atomic E-state index is 13.3. The van der Waals surface area contributed by atoms with Crippen LogP contribution in [-0.2, 0) is 4.74 Å². The summed E-state index contributed by atoms with van der Waals surface area (Å²) in [5, 5.41) is 9.61. The van der Waals surface area contributed by atoms with E-state index >= 15 is 0 Å². The molecule has 0 saturated carbocycles. The van der Waals surface area contributed by atoms with E-state index in [0.717, 1.165) is 0 Å². The van der Waals surface area contributed by atoms with Crippen LogP contribution in [0.4, 0.5) is 4.39 Å². The minimum atomic E-state index is -0.801. The van der Waals surface area contributed by atoms with Gasteiger partial charge in [-0.15, -0.1) is 0 Å². The number of hydrogen-bond acceptors (Lipinski definition) is 3. The van der Waals surface area contributed by atoms with Gasteiger partial charge in [-0.2, -0.15) is 0 Å². The average molecular weight is 214 g/mol. The van der Waals surface area contributed by atoms with Gasteiger partial charge in [-0.3, -0.25) is 0 Å². The molecule has 0 aliphatic heterocycles. The van der Waals surface area contributed by atoms with E-state index in [1.165, 1.54) is 19.2 Å². The first-order chi connectivity index (χ1) is 7.19. The molecule has 84 valence electrons. The molecule has 1 aromatic rings. The molecule has 1 rings (SSSR count). The summed E-state index contributed by atoms with van der Waals surface area (Å²) < 4.78 is 23.1. The second-order valence-corrected chi connectivity index (χ2v) is 3.07. The fraction of sp³-hybridized carbons (Fsp3) is 0.455. The van der Waals surface area contributed by atoms with E-state index in [4.69, 9.17) is 9.47 Å². The van der Waals surface area contributed by atoms with Gasteiger partial charge < -0.3 is 14.6 Å². The first kappa shape index (κ1) is 11.9. The molecule has 0 amide bonds. The third kappa shape index (κ3) is 3.18. The Morgan fingerprint density at radius 1 is 1.47 bits per heavy atom. The van der Waals surface area contributed by atoms with E-state index in [0.29, 0.717) is 12.2 Å². The molecule has 1 N–H and O–H groups in total. The minimum Gasteiger partial charge on any atom is -0.494 e. The Morgan fingerprint density at radius 2 is 2.20 bits per heavy atom. The Morgan fingerprint density at radius 3 is 2.73 bits per heavy atom. The molecule has 0 aliphatic carbocycles. The highest BCUT2D eigenvalue weighted by atomic mass is 19.1. The van der Waals surface area contributed by atoms with Crippen LogP contribution >= 0.6 is 0 Å². The first-order valence-electron chi connectivity index (χ1n) is 4.78. The van der Waals surface area contributed by atoms with Crippen molar-refractivity contribution in [1.29, 1.82) is 0 Å². The molecule has 1 unspecified atom stereocenters. The van der Waals surface area contributed by atoms with Crippen LogP contribution in [0.2, 0.25) is 0 Å². The van der Waals surface area contributed by atoms with Crippen molar-refractivity contribution in [3.63, 3.8) is 0 Å². The molecular weight excluding hydrogens is 199 g/mol. The molecule has 0 aromatic heterocycles. The zero-order chi connectivity index (χ0) is 11.3. The largest absolute Gasteiger partial charge is 0.494 e. The highest BCUT2D eigenvalue weighted by Crippen LogP contribution is 2.21. The van der Waals surface area contributed by atoms with Crippen LogP contribution in [0.3, 0.4) is 0 Å². The van der Waals surface area contributed by atoms with Crippen molar-refractivity contribution in [2.24, 2.45) is 0 Å². The standard InChI is InChI=1S/C11H15FO3/c1-3-15-7-10(13)8-4-5-11(14-2)9(12)6-8/h4-6,10,13H,3,7H2,1-2H3. The minimum absolute atomic E-state index is 0.169. The molecule has 0 heterocycles. The molecule has 0 radical (unpaired) electrons. The van der Waals surface area contributed by atoms with Gasteiger partial charge in [0.15, 0.2) is 11.6 Å². The SMILES string of the molecule is CCOCC(O)c1ccc(OC)c(F)c1. The third-order valence-electron chi connectivity index (χ3n) is 2.04. The van der Waals surface area contributed by atoms with Gasteiger partial charge in [0.1, 0.15) is 6.10 Å². The van der Waals surface area contributed by atoms with E-state index in [2.05, 4.69) is 0 Å².